The molecule has 172 valence electrons. The van der Waals surface area contributed by atoms with E-state index in [1.165, 1.54) is 24.4 Å². The number of carbonyl (C=O) groups is 2. The van der Waals surface area contributed by atoms with Crippen molar-refractivity contribution in [2.45, 2.75) is 12.2 Å². The molecule has 1 aromatic heterocycles. The van der Waals surface area contributed by atoms with Crippen LogP contribution >= 0.6 is 11.6 Å². The van der Waals surface area contributed by atoms with Crippen molar-refractivity contribution < 1.29 is 42.1 Å². The van der Waals surface area contributed by atoms with Gasteiger partial charge in [0.2, 0.25) is 0 Å². The van der Waals surface area contributed by atoms with E-state index in [-0.39, 0.29) is 51.9 Å². The van der Waals surface area contributed by atoms with Crippen LogP contribution in [0.5, 0.6) is 11.5 Å². The number of alkyl halides is 3. The highest BCUT2D eigenvalue weighted by atomic mass is 35.5. The van der Waals surface area contributed by atoms with E-state index < -0.39 is 18.0 Å². The molecule has 0 unspecified atom stereocenters. The van der Waals surface area contributed by atoms with E-state index >= 15 is 0 Å². The van der Waals surface area contributed by atoms with Crippen LogP contribution in [0.2, 0.25) is 5.02 Å². The number of fused-ring (bicyclic) bond motifs is 2. The molecule has 1 aromatic carbocycles. The third kappa shape index (κ3) is 4.70. The van der Waals surface area contributed by atoms with Crippen LogP contribution in [0.3, 0.4) is 0 Å². The van der Waals surface area contributed by atoms with Crippen molar-refractivity contribution in [1.29, 1.82) is 0 Å². The van der Waals surface area contributed by atoms with Crippen LogP contribution in [0, 0.1) is 5.82 Å². The number of nitrogens with one attached hydrogen (secondary N) is 1. The number of piperazine rings is 1. The number of hydrogen-bond acceptors (Lipinski definition) is 6. The summed E-state index contributed by atoms with van der Waals surface area (Å²) in [5.74, 6) is -3.73. The van der Waals surface area contributed by atoms with Gasteiger partial charge < -0.3 is 25.2 Å². The highest BCUT2D eigenvalue weighted by molar-refractivity contribution is 6.35. The zero-order valence-electron chi connectivity index (χ0n) is 16.1. The van der Waals surface area contributed by atoms with Gasteiger partial charge in [0.15, 0.2) is 5.75 Å². The number of phenols is 1. The van der Waals surface area contributed by atoms with Gasteiger partial charge in [-0.3, -0.25) is 9.78 Å². The van der Waals surface area contributed by atoms with E-state index in [4.69, 9.17) is 26.2 Å². The first-order chi connectivity index (χ1) is 15.0. The number of halogens is 5. The quantitative estimate of drug-likeness (QED) is 0.541. The molecule has 2 aliphatic rings. The molecule has 1 amide bonds. The fraction of sp³-hybridized carbons (Fsp3) is 0.316. The summed E-state index contributed by atoms with van der Waals surface area (Å²) >= 11 is 6.39. The number of aromatic hydroxyl groups is 1. The van der Waals surface area contributed by atoms with Crippen molar-refractivity contribution in [1.82, 2.24) is 15.2 Å². The van der Waals surface area contributed by atoms with E-state index in [1.54, 1.807) is 4.90 Å². The van der Waals surface area contributed by atoms with Gasteiger partial charge in [0, 0.05) is 25.8 Å². The predicted molar refractivity (Wildman–Crippen MR) is 103 cm³/mol. The monoisotopic (exact) mass is 477 g/mol. The number of phenolic OH excluding ortho intramolecular Hbond substituents is 1. The summed E-state index contributed by atoms with van der Waals surface area (Å²) in [5, 5.41) is 20.3. The number of pyridine rings is 1. The Morgan fingerprint density at radius 3 is 2.66 bits per heavy atom. The maximum Gasteiger partial charge on any atom is 0.490 e. The SMILES string of the molecule is O=C(O)C(F)(F)F.O=C1c2cnc(-c3c(O)cccc3F)c(Cl)c2OC[C@@H]2CNCCN12. The normalized spacial score (nSPS) is 17.8. The average molecular weight is 478 g/mol. The van der Waals surface area contributed by atoms with E-state index in [2.05, 4.69) is 10.3 Å². The second-order valence-corrected chi connectivity index (χ2v) is 7.15. The smallest absolute Gasteiger partial charge is 0.490 e. The molecule has 0 spiro atoms. The number of benzene rings is 1. The zero-order valence-corrected chi connectivity index (χ0v) is 16.9. The molecule has 3 N–H and O–H groups in total. The second-order valence-electron chi connectivity index (χ2n) is 6.77. The summed E-state index contributed by atoms with van der Waals surface area (Å²) in [4.78, 5) is 27.6. The van der Waals surface area contributed by atoms with Gasteiger partial charge in [0.05, 0.1) is 17.3 Å². The van der Waals surface area contributed by atoms with Crippen LogP contribution in [-0.2, 0) is 4.79 Å². The van der Waals surface area contributed by atoms with Gasteiger partial charge in [-0.2, -0.15) is 13.2 Å². The standard InChI is InChI=1S/C17H15ClFN3O3.C2HF3O2/c18-14-15(13-11(19)2-1-3-12(13)23)21-7-10-16(14)25-8-9-6-20-4-5-22(9)17(10)24;3-2(4,5)1(6)7/h1-3,7,9,20,23H,4-6,8H2;(H,6,7)/t9-;/m0./s1. The van der Waals surface area contributed by atoms with E-state index in [1.807, 2.05) is 0 Å². The molecule has 13 heteroatoms. The van der Waals surface area contributed by atoms with Crippen molar-refractivity contribution >= 4 is 23.5 Å². The predicted octanol–water partition coefficient (Wildman–Crippen LogP) is 2.69. The van der Waals surface area contributed by atoms with Gasteiger partial charge >= 0.3 is 12.1 Å². The lowest BCUT2D eigenvalue weighted by molar-refractivity contribution is -0.192. The van der Waals surface area contributed by atoms with Gasteiger partial charge in [0.1, 0.15) is 28.8 Å². The Kier molecular flexibility index (Phi) is 6.74. The molecule has 1 atom stereocenters. The first kappa shape index (κ1) is 23.5. The van der Waals surface area contributed by atoms with Crippen LogP contribution in [0.1, 0.15) is 10.4 Å². The molecule has 3 heterocycles. The number of ether oxygens (including phenoxy) is 1. The third-order valence-corrected chi connectivity index (χ3v) is 5.06. The third-order valence-electron chi connectivity index (χ3n) is 4.71. The number of hydrogen-bond donors (Lipinski definition) is 3. The lowest BCUT2D eigenvalue weighted by Crippen LogP contribution is -2.54. The highest BCUT2D eigenvalue weighted by Gasteiger charge is 2.38. The van der Waals surface area contributed by atoms with E-state index in [0.29, 0.717) is 19.6 Å². The first-order valence-electron chi connectivity index (χ1n) is 9.13. The van der Waals surface area contributed by atoms with Gasteiger partial charge in [-0.15, -0.1) is 0 Å². The molecule has 4 rings (SSSR count). The number of aromatic nitrogens is 1. The summed E-state index contributed by atoms with van der Waals surface area (Å²) in [6, 6.07) is 3.84. The van der Waals surface area contributed by atoms with E-state index in [0.717, 1.165) is 0 Å². The topological polar surface area (TPSA) is 112 Å². The first-order valence-corrected chi connectivity index (χ1v) is 9.51. The molecule has 2 aliphatic heterocycles. The van der Waals surface area contributed by atoms with E-state index in [9.17, 15) is 27.5 Å². The minimum absolute atomic E-state index is 0.0130. The van der Waals surface area contributed by atoms with Gasteiger partial charge in [0.25, 0.3) is 5.91 Å². The van der Waals surface area contributed by atoms with Crippen LogP contribution in [-0.4, -0.2) is 70.4 Å². The van der Waals surface area contributed by atoms with Crippen molar-refractivity contribution in [3.8, 4) is 22.8 Å². The molecule has 0 bridgehead atoms. The Morgan fingerprint density at radius 1 is 1.34 bits per heavy atom. The number of amides is 1. The minimum Gasteiger partial charge on any atom is -0.507 e. The summed E-state index contributed by atoms with van der Waals surface area (Å²) in [6.45, 7) is 2.18. The zero-order chi connectivity index (χ0) is 23.6. The fourth-order valence-electron chi connectivity index (χ4n) is 3.20. The molecule has 1 saturated heterocycles. The molecule has 0 saturated carbocycles. The Labute approximate surface area is 183 Å². The van der Waals surface area contributed by atoms with Crippen LogP contribution in [0.15, 0.2) is 24.4 Å². The van der Waals surface area contributed by atoms with Crippen LogP contribution in [0.4, 0.5) is 17.6 Å². The molecule has 32 heavy (non-hydrogen) atoms. The van der Waals surface area contributed by atoms with Crippen molar-refractivity contribution in [2.75, 3.05) is 26.2 Å². The molecule has 1 fully saturated rings. The van der Waals surface area contributed by atoms with Gasteiger partial charge in [-0.1, -0.05) is 17.7 Å². The van der Waals surface area contributed by atoms with Crippen LogP contribution in [0.25, 0.3) is 11.3 Å². The number of nitrogens with zero attached hydrogens (tertiary/aromatic N) is 2. The summed E-state index contributed by atoms with van der Waals surface area (Å²) in [6.07, 6.45) is -3.75. The Hall–Kier alpha value is -3.12. The Balaban J connectivity index is 0.000000360. The molecule has 0 aliphatic carbocycles. The van der Waals surface area contributed by atoms with Crippen molar-refractivity contribution in [3.05, 3.63) is 40.8 Å². The minimum atomic E-state index is -5.08. The number of carboxylic acid groups (broad SMARTS) is 1. The largest absolute Gasteiger partial charge is 0.507 e. The van der Waals surface area contributed by atoms with Crippen molar-refractivity contribution in [2.24, 2.45) is 0 Å². The second kappa shape index (κ2) is 9.17. The lowest BCUT2D eigenvalue weighted by Gasteiger charge is -2.33. The average Bonchev–Trinajstić information content (AvgIpc) is 2.87. The Morgan fingerprint density at radius 2 is 2.03 bits per heavy atom. The maximum atomic E-state index is 14.2. The number of carbonyl (C=O) groups excluding carboxylic acids is 1. The summed E-state index contributed by atoms with van der Waals surface area (Å²) in [5.41, 5.74) is 0.172. The molecular weight excluding hydrogens is 462 g/mol. The molecule has 2 aromatic rings. The number of rotatable bonds is 1. The Bertz CT molecular complexity index is 1030. The molecule has 0 radical (unpaired) electrons. The van der Waals surface area contributed by atoms with Gasteiger partial charge in [-0.25, -0.2) is 9.18 Å². The van der Waals surface area contributed by atoms with Crippen LogP contribution < -0.4 is 10.1 Å². The highest BCUT2D eigenvalue weighted by Crippen LogP contribution is 2.42. The number of aliphatic carboxylic acids is 1. The lowest BCUT2D eigenvalue weighted by atomic mass is 10.1. The maximum absolute atomic E-state index is 14.2. The summed E-state index contributed by atoms with van der Waals surface area (Å²) in [7, 11) is 0. The number of carboxylic acids is 1. The molecule has 8 nitrogen and oxygen atoms in total. The van der Waals surface area contributed by atoms with Crippen molar-refractivity contribution in [3.63, 3.8) is 0 Å². The van der Waals surface area contributed by atoms with Gasteiger partial charge in [-0.05, 0) is 12.1 Å². The summed E-state index contributed by atoms with van der Waals surface area (Å²) < 4.78 is 51.7. The fourth-order valence-corrected chi connectivity index (χ4v) is 3.50. The molecular formula is C19H16ClF4N3O5.